The molecule has 70 heavy (non-hydrogen) atoms. The van der Waals surface area contributed by atoms with Crippen molar-refractivity contribution in [2.75, 3.05) is 5.75 Å². The van der Waals surface area contributed by atoms with Crippen molar-refractivity contribution < 1.29 is 19.8 Å². The maximum atomic E-state index is 12.9. The molecule has 0 bridgehead atoms. The third kappa shape index (κ3) is 13.6. The number of aromatic nitrogens is 2. The summed E-state index contributed by atoms with van der Waals surface area (Å²) in [7, 11) is 0. The van der Waals surface area contributed by atoms with E-state index in [9.17, 15) is 19.8 Å². The van der Waals surface area contributed by atoms with Crippen LogP contribution in [0, 0.1) is 6.92 Å². The molecule has 0 unspecified atom stereocenters. The van der Waals surface area contributed by atoms with Gasteiger partial charge in [0, 0.05) is 21.0 Å². The van der Waals surface area contributed by atoms with Gasteiger partial charge >= 0.3 is 0 Å². The number of fused-ring (bicyclic) bond motifs is 2. The highest BCUT2D eigenvalue weighted by atomic mass is 35.5. The molecule has 0 spiro atoms. The first-order valence-corrected chi connectivity index (χ1v) is 26.5. The molecule has 2 aromatic heterocycles. The van der Waals surface area contributed by atoms with E-state index in [0.717, 1.165) is 33.6 Å². The van der Waals surface area contributed by atoms with Gasteiger partial charge in [-0.05, 0) is 65.5 Å². The minimum atomic E-state index is -0.360. The fourth-order valence-corrected chi connectivity index (χ4v) is 10.2. The van der Waals surface area contributed by atoms with Gasteiger partial charge in [0.1, 0.15) is 0 Å². The third-order valence-corrected chi connectivity index (χ3v) is 14.5. The predicted octanol–water partition coefficient (Wildman–Crippen LogP) is 17.0. The lowest BCUT2D eigenvalue weighted by Gasteiger charge is -2.19. The van der Waals surface area contributed by atoms with E-state index in [2.05, 4.69) is 59.8 Å². The summed E-state index contributed by atoms with van der Waals surface area (Å²) in [5, 5.41) is 21.8. The van der Waals surface area contributed by atoms with Crippen LogP contribution in [0.5, 0.6) is 11.8 Å². The molecule has 0 saturated heterocycles. The van der Waals surface area contributed by atoms with E-state index in [1.54, 1.807) is 24.3 Å². The number of H-pyrrole nitrogens is 2. The predicted molar refractivity (Wildman–Crippen MR) is 294 cm³/mol. The molecule has 4 aromatic carbocycles. The standard InChI is InChI=1S/C37H50N2O2S.C22H19ClN2O2.CH4/c1-3-4-5-6-7-8-9-10-11-12-13-14-15-16-17-18-27-42-31-25-23-30(24-26-31)35-33-32(36(40)39-35)34(38-37(33)41)29-21-19-28(2)20-22-29;1-22(2,3)14-8-4-12(5-9-14)18-16-17(21(27)24-18)19(25-20(16)26)13-6-10-15(23)11-7-13;/h19-26,39-40H,3-18,27H2,1-2H3;4-11,25-26H,1-3H3;1H4. The van der Waals surface area contributed by atoms with Gasteiger partial charge < -0.3 is 20.2 Å². The zero-order valence-electron chi connectivity index (χ0n) is 41.1. The first-order valence-electron chi connectivity index (χ1n) is 25.2. The lowest BCUT2D eigenvalue weighted by molar-refractivity contribution is 0.0998. The fourth-order valence-electron chi connectivity index (χ4n) is 9.15. The van der Waals surface area contributed by atoms with Crippen LogP contribution in [0.4, 0.5) is 0 Å². The number of thioether (sulfide) groups is 1. The van der Waals surface area contributed by atoms with E-state index < -0.39 is 0 Å². The highest BCUT2D eigenvalue weighted by Crippen LogP contribution is 2.40. The smallest absolute Gasteiger partial charge is 0.280 e. The number of carbonyl (C=O) groups is 2. The minimum Gasteiger partial charge on any atom is -0.494 e. The average Bonchev–Trinajstić information content (AvgIpc) is 4.09. The molecule has 6 aromatic rings. The van der Waals surface area contributed by atoms with Crippen molar-refractivity contribution in [3.05, 3.63) is 147 Å². The van der Waals surface area contributed by atoms with E-state index in [1.165, 1.54) is 113 Å². The van der Waals surface area contributed by atoms with Crippen molar-refractivity contribution in [1.29, 1.82) is 0 Å². The number of rotatable bonds is 22. The summed E-state index contributed by atoms with van der Waals surface area (Å²) in [6.07, 6.45) is 22.3. The topological polar surface area (TPSA) is 131 Å². The Hall–Kier alpha value is -5.64. The van der Waals surface area contributed by atoms with Crippen molar-refractivity contribution in [3.63, 3.8) is 0 Å². The molecule has 0 radical (unpaired) electrons. The first-order chi connectivity index (χ1) is 33.3. The highest BCUT2D eigenvalue weighted by molar-refractivity contribution is 7.99. The van der Waals surface area contributed by atoms with Crippen LogP contribution < -0.4 is 0 Å². The lowest BCUT2D eigenvalue weighted by Crippen LogP contribution is -2.11. The number of benzene rings is 4. The molecule has 4 N–H and O–H groups in total. The number of halogens is 1. The van der Waals surface area contributed by atoms with Gasteiger partial charge in [-0.15, -0.1) is 11.8 Å². The molecular weight excluding hydrogens is 908 g/mol. The summed E-state index contributed by atoms with van der Waals surface area (Å²) in [6, 6.07) is 31.2. The number of nitrogens with one attached hydrogen (secondary N) is 2. The van der Waals surface area contributed by atoms with Crippen LogP contribution in [0.2, 0.25) is 5.02 Å². The van der Waals surface area contributed by atoms with Gasteiger partial charge in [0.25, 0.3) is 11.8 Å². The van der Waals surface area contributed by atoms with Crippen molar-refractivity contribution in [1.82, 2.24) is 9.97 Å². The van der Waals surface area contributed by atoms with Gasteiger partial charge in [-0.3, -0.25) is 9.59 Å². The van der Waals surface area contributed by atoms with Crippen molar-refractivity contribution in [2.24, 2.45) is 9.98 Å². The third-order valence-electron chi connectivity index (χ3n) is 13.2. The van der Waals surface area contributed by atoms with Crippen molar-refractivity contribution in [2.45, 2.75) is 155 Å². The molecule has 2 amide bonds. The quantitative estimate of drug-likeness (QED) is 0.0397. The number of carbonyl (C=O) groups excluding carboxylic acids is 2. The van der Waals surface area contributed by atoms with Gasteiger partial charge in [0.2, 0.25) is 0 Å². The Morgan fingerprint density at radius 3 is 1.30 bits per heavy atom. The number of aliphatic imine (C=N–C) groups is 2. The van der Waals surface area contributed by atoms with E-state index in [-0.39, 0.29) is 36.4 Å². The Morgan fingerprint density at radius 1 is 0.514 bits per heavy atom. The molecular formula is C60H73ClN4O4S. The van der Waals surface area contributed by atoms with Crippen LogP contribution in [0.15, 0.2) is 112 Å². The molecule has 4 heterocycles. The Kier molecular flexibility index (Phi) is 19.5. The zero-order valence-corrected chi connectivity index (χ0v) is 42.7. The van der Waals surface area contributed by atoms with Gasteiger partial charge in [0.05, 0.1) is 45.1 Å². The maximum absolute atomic E-state index is 12.9. The molecule has 370 valence electrons. The number of aromatic hydroxyl groups is 2. The monoisotopic (exact) mass is 981 g/mol. The van der Waals surface area contributed by atoms with E-state index in [4.69, 9.17) is 11.6 Å². The summed E-state index contributed by atoms with van der Waals surface area (Å²) in [5.74, 6) is 0.393. The summed E-state index contributed by atoms with van der Waals surface area (Å²) >= 11 is 7.84. The highest BCUT2D eigenvalue weighted by Gasteiger charge is 2.35. The Morgan fingerprint density at radius 2 is 0.886 bits per heavy atom. The number of amides is 2. The summed E-state index contributed by atoms with van der Waals surface area (Å²) in [5.41, 5.74) is 9.64. The summed E-state index contributed by atoms with van der Waals surface area (Å²) in [6.45, 7) is 10.7. The lowest BCUT2D eigenvalue weighted by atomic mass is 9.86. The van der Waals surface area contributed by atoms with Crippen molar-refractivity contribution >= 4 is 46.6 Å². The van der Waals surface area contributed by atoms with Crippen molar-refractivity contribution in [3.8, 4) is 34.3 Å². The largest absolute Gasteiger partial charge is 0.494 e. The number of unbranched alkanes of at least 4 members (excludes halogenated alkanes) is 15. The summed E-state index contributed by atoms with van der Waals surface area (Å²) in [4.78, 5) is 41.2. The van der Waals surface area contributed by atoms with Gasteiger partial charge in [-0.2, -0.15) is 0 Å². The van der Waals surface area contributed by atoms with Crippen LogP contribution in [0.1, 0.15) is 192 Å². The maximum Gasteiger partial charge on any atom is 0.280 e. The molecule has 0 atom stereocenters. The number of aryl methyl sites for hydroxylation is 1. The van der Waals surface area contributed by atoms with E-state index >= 15 is 0 Å². The second-order valence-electron chi connectivity index (χ2n) is 19.6. The molecule has 0 saturated carbocycles. The molecule has 2 aliphatic heterocycles. The molecule has 8 rings (SSSR count). The first kappa shape index (κ1) is 53.7. The van der Waals surface area contributed by atoms with Gasteiger partial charge in [-0.25, -0.2) is 9.98 Å². The summed E-state index contributed by atoms with van der Waals surface area (Å²) < 4.78 is 0. The normalized spacial score (nSPS) is 12.8. The number of hydrogen-bond donors (Lipinski definition) is 4. The Labute approximate surface area is 425 Å². The average molecular weight is 982 g/mol. The van der Waals surface area contributed by atoms with Crippen LogP contribution >= 0.6 is 23.4 Å². The molecule has 2 aliphatic rings. The Balaban J connectivity index is 0.000000247. The van der Waals surface area contributed by atoms with E-state index in [0.29, 0.717) is 50.1 Å². The van der Waals surface area contributed by atoms with Crippen LogP contribution in [0.3, 0.4) is 0 Å². The SMILES string of the molecule is C.CC(C)(C)c1ccc(C2=NC(=O)c3c(-c4ccc(Cl)cc4)[nH]c(O)c32)cc1.CCCCCCCCCCCCCCCCCCSc1ccc(-c2[nH]c(O)c3c2C(=O)N=C3c2ccc(C)cc2)cc1. The van der Waals surface area contributed by atoms with Gasteiger partial charge in [-0.1, -0.05) is 221 Å². The molecule has 0 fully saturated rings. The van der Waals surface area contributed by atoms with Crippen LogP contribution in [-0.2, 0) is 5.41 Å². The fraction of sp³-hybridized carbons (Fsp3) is 0.400. The molecule has 8 nitrogen and oxygen atoms in total. The Bertz CT molecular complexity index is 2720. The van der Waals surface area contributed by atoms with E-state index in [1.807, 2.05) is 79.3 Å². The van der Waals surface area contributed by atoms with Gasteiger partial charge in [0.15, 0.2) is 11.8 Å². The second kappa shape index (κ2) is 25.5. The molecule has 0 aliphatic carbocycles. The number of aromatic amines is 2. The molecule has 10 heteroatoms. The van der Waals surface area contributed by atoms with Crippen LogP contribution in [0.25, 0.3) is 22.5 Å². The second-order valence-corrected chi connectivity index (χ2v) is 21.2. The number of hydrogen-bond acceptors (Lipinski definition) is 5. The zero-order chi connectivity index (χ0) is 48.9. The minimum absolute atomic E-state index is 0. The van der Waals surface area contributed by atoms with Crippen LogP contribution in [-0.4, -0.2) is 49.2 Å². The number of nitrogens with zero attached hydrogens (tertiary/aromatic N) is 2.